The minimum Gasteiger partial charge on any atom is -0.395 e. The molecule has 2 aromatic rings. The summed E-state index contributed by atoms with van der Waals surface area (Å²) in [6, 6.07) is 7.93. The Labute approximate surface area is 159 Å². The average molecular weight is 388 g/mol. The first kappa shape index (κ1) is 17.2. The van der Waals surface area contributed by atoms with E-state index in [0.717, 1.165) is 12.1 Å². The van der Waals surface area contributed by atoms with E-state index in [4.69, 9.17) is 0 Å². The van der Waals surface area contributed by atoms with E-state index < -0.39 is 6.29 Å². The van der Waals surface area contributed by atoms with Gasteiger partial charge in [-0.25, -0.2) is 0 Å². The zero-order valence-corrected chi connectivity index (χ0v) is 15.2. The molecule has 1 amide bonds. The van der Waals surface area contributed by atoms with Crippen molar-refractivity contribution < 1.29 is 23.0 Å². The highest BCUT2D eigenvalue weighted by molar-refractivity contribution is 5.73. The second-order valence-electron chi connectivity index (χ2n) is 7.67. The quantitative estimate of drug-likeness (QED) is 0.754. The zero-order chi connectivity index (χ0) is 19.6. The molecule has 8 heteroatoms. The van der Waals surface area contributed by atoms with Crippen molar-refractivity contribution >= 4 is 5.91 Å². The minimum absolute atomic E-state index is 0.0318. The summed E-state index contributed by atoms with van der Waals surface area (Å²) in [6.45, 7) is 3.41. The van der Waals surface area contributed by atoms with E-state index in [2.05, 4.69) is 9.47 Å². The van der Waals surface area contributed by atoms with Gasteiger partial charge in [-0.05, 0) is 41.7 Å². The molecule has 3 aliphatic rings. The lowest BCUT2D eigenvalue weighted by Crippen LogP contribution is -2.48. The summed E-state index contributed by atoms with van der Waals surface area (Å²) in [4.78, 5) is 26.4. The highest BCUT2D eigenvalue weighted by Crippen LogP contribution is 2.43. The summed E-state index contributed by atoms with van der Waals surface area (Å²) in [7, 11) is 0. The summed E-state index contributed by atoms with van der Waals surface area (Å²) in [5.41, 5.74) is 1.99. The van der Waals surface area contributed by atoms with Crippen LogP contribution in [0.25, 0.3) is 11.1 Å². The van der Waals surface area contributed by atoms with Crippen LogP contribution in [0.5, 0.6) is 11.5 Å². The predicted molar refractivity (Wildman–Crippen MR) is 95.4 cm³/mol. The van der Waals surface area contributed by atoms with Crippen LogP contribution in [0.15, 0.2) is 35.1 Å². The van der Waals surface area contributed by atoms with Crippen molar-refractivity contribution in [3.63, 3.8) is 0 Å². The van der Waals surface area contributed by atoms with Gasteiger partial charge in [-0.3, -0.25) is 9.59 Å². The van der Waals surface area contributed by atoms with Crippen LogP contribution in [0.3, 0.4) is 0 Å². The van der Waals surface area contributed by atoms with Crippen LogP contribution >= 0.6 is 0 Å². The number of benzene rings is 1. The Morgan fingerprint density at radius 1 is 1.07 bits per heavy atom. The van der Waals surface area contributed by atoms with Gasteiger partial charge >= 0.3 is 6.29 Å². The van der Waals surface area contributed by atoms with E-state index >= 15 is 0 Å². The van der Waals surface area contributed by atoms with Crippen molar-refractivity contribution in [1.29, 1.82) is 0 Å². The van der Waals surface area contributed by atoms with Crippen molar-refractivity contribution in [3.8, 4) is 22.6 Å². The summed E-state index contributed by atoms with van der Waals surface area (Å²) in [5.74, 6) is 0.309. The topological polar surface area (TPSA) is 60.8 Å². The molecule has 2 bridgehead atoms. The fourth-order valence-electron chi connectivity index (χ4n) is 4.51. The van der Waals surface area contributed by atoms with Crippen molar-refractivity contribution in [1.82, 2.24) is 9.47 Å². The van der Waals surface area contributed by atoms with E-state index in [1.807, 2.05) is 11.0 Å². The zero-order valence-electron chi connectivity index (χ0n) is 15.2. The van der Waals surface area contributed by atoms with Gasteiger partial charge in [0.15, 0.2) is 11.5 Å². The maximum absolute atomic E-state index is 13.3. The van der Waals surface area contributed by atoms with E-state index in [1.54, 1.807) is 17.6 Å². The van der Waals surface area contributed by atoms with Crippen LogP contribution in [-0.2, 0) is 11.3 Å². The molecule has 0 unspecified atom stereocenters. The number of aromatic nitrogens is 1. The van der Waals surface area contributed by atoms with E-state index in [1.165, 1.54) is 18.2 Å². The van der Waals surface area contributed by atoms with Crippen LogP contribution in [0.2, 0.25) is 0 Å². The fourth-order valence-corrected chi connectivity index (χ4v) is 4.51. The molecule has 3 aliphatic heterocycles. The van der Waals surface area contributed by atoms with Gasteiger partial charge in [0.1, 0.15) is 0 Å². The van der Waals surface area contributed by atoms with Gasteiger partial charge in [0, 0.05) is 44.2 Å². The number of fused-ring (bicyclic) bond motifs is 5. The van der Waals surface area contributed by atoms with E-state index in [-0.39, 0.29) is 34.8 Å². The summed E-state index contributed by atoms with van der Waals surface area (Å²) in [5, 5.41) is 0. The number of pyridine rings is 1. The number of likely N-dealkylation sites (tertiary alicyclic amines) is 1. The molecule has 28 heavy (non-hydrogen) atoms. The van der Waals surface area contributed by atoms with Crippen molar-refractivity contribution in [3.05, 3.63) is 46.4 Å². The summed E-state index contributed by atoms with van der Waals surface area (Å²) in [6.07, 6.45) is -2.75. The molecule has 4 heterocycles. The van der Waals surface area contributed by atoms with Crippen molar-refractivity contribution in [2.45, 2.75) is 32.1 Å². The number of amides is 1. The van der Waals surface area contributed by atoms with Crippen LogP contribution in [-0.4, -0.2) is 34.8 Å². The molecular formula is C20H18F2N2O4. The van der Waals surface area contributed by atoms with Gasteiger partial charge in [0.05, 0.1) is 0 Å². The number of piperidine rings is 1. The highest BCUT2D eigenvalue weighted by atomic mass is 19.3. The molecule has 0 N–H and O–H groups in total. The highest BCUT2D eigenvalue weighted by Gasteiger charge is 2.43. The maximum Gasteiger partial charge on any atom is 0.586 e. The first-order valence-electron chi connectivity index (χ1n) is 9.19. The van der Waals surface area contributed by atoms with Gasteiger partial charge in [0.2, 0.25) is 5.91 Å². The number of alkyl halides is 2. The Morgan fingerprint density at radius 2 is 1.86 bits per heavy atom. The third kappa shape index (κ3) is 2.75. The SMILES string of the molecule is CC(=O)N1C[C@@H]2C[C@H](C1)c1cc(-c3ccc4c(c3)OC(F)(F)O4)cc(=O)n1C2. The Balaban J connectivity index is 1.54. The lowest BCUT2D eigenvalue weighted by Gasteiger charge is -2.42. The third-order valence-electron chi connectivity index (χ3n) is 5.74. The third-order valence-corrected chi connectivity index (χ3v) is 5.74. The molecular weight excluding hydrogens is 370 g/mol. The fraction of sp³-hybridized carbons (Fsp3) is 0.400. The normalized spacial score (nSPS) is 24.0. The van der Waals surface area contributed by atoms with Gasteiger partial charge in [-0.2, -0.15) is 0 Å². The van der Waals surface area contributed by atoms with E-state index in [9.17, 15) is 18.4 Å². The Bertz CT molecular complexity index is 1050. The number of rotatable bonds is 1. The number of halogens is 2. The van der Waals surface area contributed by atoms with Gasteiger partial charge < -0.3 is 18.9 Å². The van der Waals surface area contributed by atoms with Crippen molar-refractivity contribution in [2.24, 2.45) is 5.92 Å². The molecule has 6 nitrogen and oxygen atoms in total. The average Bonchev–Trinajstić information content (AvgIpc) is 2.95. The monoisotopic (exact) mass is 388 g/mol. The van der Waals surface area contributed by atoms with Crippen LogP contribution in [0.1, 0.15) is 25.0 Å². The molecule has 1 fully saturated rings. The Kier molecular flexibility index (Phi) is 3.56. The number of carbonyl (C=O) groups excluding carboxylic acids is 1. The van der Waals surface area contributed by atoms with Gasteiger partial charge in [0.25, 0.3) is 5.56 Å². The number of hydrogen-bond acceptors (Lipinski definition) is 4. The second kappa shape index (κ2) is 5.80. The number of hydrogen-bond donors (Lipinski definition) is 0. The molecule has 0 spiro atoms. The standard InChI is InChI=1S/C20H18F2N2O4/c1-11(25)23-8-12-4-15(10-23)16-5-14(7-19(26)24(16)9-12)13-2-3-17-18(6-13)28-20(21,22)27-17/h2-3,5-7,12,15H,4,8-10H2,1H3/t12-,15+/m0/s1. The lowest BCUT2D eigenvalue weighted by atomic mass is 9.82. The van der Waals surface area contributed by atoms with Crippen LogP contribution in [0, 0.1) is 5.92 Å². The first-order chi connectivity index (χ1) is 13.3. The number of nitrogens with zero attached hydrogens (tertiary/aromatic N) is 2. The molecule has 0 radical (unpaired) electrons. The lowest BCUT2D eigenvalue weighted by molar-refractivity contribution is -0.286. The number of carbonyl (C=O) groups is 1. The Hall–Kier alpha value is -2.90. The molecule has 5 rings (SSSR count). The molecule has 2 atom stereocenters. The summed E-state index contributed by atoms with van der Waals surface area (Å²) < 4.78 is 37.3. The molecule has 1 aromatic heterocycles. The smallest absolute Gasteiger partial charge is 0.395 e. The second-order valence-corrected chi connectivity index (χ2v) is 7.67. The molecule has 0 aliphatic carbocycles. The first-order valence-corrected chi connectivity index (χ1v) is 9.19. The largest absolute Gasteiger partial charge is 0.586 e. The van der Waals surface area contributed by atoms with Crippen molar-refractivity contribution in [2.75, 3.05) is 13.1 Å². The van der Waals surface area contributed by atoms with Gasteiger partial charge in [-0.1, -0.05) is 6.07 Å². The number of ether oxygens (including phenoxy) is 2. The van der Waals surface area contributed by atoms with Gasteiger partial charge in [-0.15, -0.1) is 8.78 Å². The minimum atomic E-state index is -3.68. The Morgan fingerprint density at radius 3 is 2.64 bits per heavy atom. The molecule has 146 valence electrons. The van der Waals surface area contributed by atoms with Crippen LogP contribution < -0.4 is 15.0 Å². The molecule has 1 saturated heterocycles. The summed E-state index contributed by atoms with van der Waals surface area (Å²) >= 11 is 0. The predicted octanol–water partition coefficient (Wildman–Crippen LogP) is 2.80. The molecule has 0 saturated carbocycles. The van der Waals surface area contributed by atoms with Crippen LogP contribution in [0.4, 0.5) is 8.78 Å². The van der Waals surface area contributed by atoms with E-state index in [0.29, 0.717) is 30.8 Å². The molecule has 1 aromatic carbocycles. The maximum atomic E-state index is 13.3.